The molecule has 6 nitrogen and oxygen atoms in total. The Balaban J connectivity index is 1.71. The molecule has 4 heterocycles. The van der Waals surface area contributed by atoms with Crippen molar-refractivity contribution < 1.29 is 13.2 Å². The number of pyridine rings is 2. The minimum Gasteiger partial charge on any atom is -0.250 e. The van der Waals surface area contributed by atoms with Crippen molar-refractivity contribution in [2.45, 2.75) is 32.4 Å². The highest BCUT2D eigenvalue weighted by molar-refractivity contribution is 5.54. The summed E-state index contributed by atoms with van der Waals surface area (Å²) in [4.78, 5) is 17.9. The molecule has 0 atom stereocenters. The summed E-state index contributed by atoms with van der Waals surface area (Å²) in [5.41, 5.74) is 1.24. The molecule has 0 saturated carbocycles. The first kappa shape index (κ1) is 20.6. The molecule has 0 aliphatic carbocycles. The van der Waals surface area contributed by atoms with Crippen molar-refractivity contribution in [3.05, 3.63) is 83.8 Å². The second-order valence-electron chi connectivity index (χ2n) is 7.55. The lowest BCUT2D eigenvalue weighted by Gasteiger charge is -2.24. The van der Waals surface area contributed by atoms with Crippen LogP contribution in [0.1, 0.15) is 36.8 Å². The van der Waals surface area contributed by atoms with Gasteiger partial charge < -0.3 is 0 Å². The Morgan fingerprint density at radius 2 is 1.45 bits per heavy atom. The fourth-order valence-corrected chi connectivity index (χ4v) is 3.16. The van der Waals surface area contributed by atoms with Crippen LogP contribution in [-0.4, -0.2) is 29.7 Å². The van der Waals surface area contributed by atoms with Crippen molar-refractivity contribution >= 4 is 0 Å². The fourth-order valence-electron chi connectivity index (χ4n) is 3.16. The number of nitrogens with zero attached hydrogens (tertiary/aromatic N) is 6. The van der Waals surface area contributed by atoms with E-state index in [1.807, 2.05) is 45.0 Å². The lowest BCUT2D eigenvalue weighted by molar-refractivity contribution is -0.141. The third kappa shape index (κ3) is 4.16. The van der Waals surface area contributed by atoms with Crippen LogP contribution in [-0.2, 0) is 11.6 Å². The Hall–Kier alpha value is -3.62. The Kier molecular flexibility index (Phi) is 5.04. The third-order valence-electron chi connectivity index (χ3n) is 4.92. The van der Waals surface area contributed by atoms with Crippen LogP contribution in [0.15, 0.2) is 60.9 Å². The number of alkyl halides is 3. The van der Waals surface area contributed by atoms with E-state index in [1.165, 1.54) is 6.20 Å². The Bertz CT molecular complexity index is 1230. The zero-order valence-electron chi connectivity index (χ0n) is 17.1. The monoisotopic (exact) mass is 424 g/mol. The number of aryl methyl sites for hydroxylation is 1. The molecule has 0 saturated heterocycles. The number of halogens is 3. The van der Waals surface area contributed by atoms with Gasteiger partial charge in [-0.15, -0.1) is 0 Å². The van der Waals surface area contributed by atoms with Gasteiger partial charge in [-0.2, -0.15) is 18.3 Å². The van der Waals surface area contributed by atoms with Crippen LogP contribution in [0.2, 0.25) is 0 Å². The Morgan fingerprint density at radius 1 is 0.774 bits per heavy atom. The first-order valence-electron chi connectivity index (χ1n) is 9.53. The maximum Gasteiger partial charge on any atom is 0.435 e. The normalized spacial score (nSPS) is 12.2. The third-order valence-corrected chi connectivity index (χ3v) is 4.92. The SMILES string of the molecule is Cc1nccc(-c2cccc(C(C)(C)c3cccc(-n4ccc(C(F)(F)F)n4)n3)n2)n1. The molecular formula is C22H19F3N6. The van der Waals surface area contributed by atoms with E-state index in [2.05, 4.69) is 20.1 Å². The molecule has 0 amide bonds. The molecule has 9 heteroatoms. The average molecular weight is 424 g/mol. The molecular weight excluding hydrogens is 405 g/mol. The van der Waals surface area contributed by atoms with Gasteiger partial charge in [-0.25, -0.2) is 19.6 Å². The van der Waals surface area contributed by atoms with E-state index in [0.29, 0.717) is 28.7 Å². The van der Waals surface area contributed by atoms with Gasteiger partial charge in [0.15, 0.2) is 11.5 Å². The minimum absolute atomic E-state index is 0.295. The highest BCUT2D eigenvalue weighted by Crippen LogP contribution is 2.31. The molecule has 4 aromatic rings. The van der Waals surface area contributed by atoms with Gasteiger partial charge in [-0.3, -0.25) is 4.98 Å². The molecule has 0 unspecified atom stereocenters. The number of hydrogen-bond donors (Lipinski definition) is 0. The van der Waals surface area contributed by atoms with Crippen LogP contribution in [0.25, 0.3) is 17.2 Å². The molecule has 31 heavy (non-hydrogen) atoms. The second-order valence-corrected chi connectivity index (χ2v) is 7.55. The lowest BCUT2D eigenvalue weighted by Crippen LogP contribution is -2.23. The van der Waals surface area contributed by atoms with Gasteiger partial charge in [-0.1, -0.05) is 12.1 Å². The van der Waals surface area contributed by atoms with Crippen LogP contribution >= 0.6 is 0 Å². The zero-order valence-corrected chi connectivity index (χ0v) is 17.1. The topological polar surface area (TPSA) is 69.4 Å². The van der Waals surface area contributed by atoms with Gasteiger partial charge in [0.1, 0.15) is 5.82 Å². The molecule has 0 spiro atoms. The summed E-state index contributed by atoms with van der Waals surface area (Å²) in [7, 11) is 0. The predicted octanol–water partition coefficient (Wildman–Crippen LogP) is 4.77. The molecule has 0 bridgehead atoms. The van der Waals surface area contributed by atoms with Gasteiger partial charge in [0, 0.05) is 17.8 Å². The van der Waals surface area contributed by atoms with Crippen LogP contribution in [0.5, 0.6) is 0 Å². The molecule has 0 aromatic carbocycles. The molecule has 0 N–H and O–H groups in total. The highest BCUT2D eigenvalue weighted by atomic mass is 19.4. The largest absolute Gasteiger partial charge is 0.435 e. The summed E-state index contributed by atoms with van der Waals surface area (Å²) in [5, 5.41) is 3.61. The number of hydrogen-bond acceptors (Lipinski definition) is 5. The van der Waals surface area contributed by atoms with Gasteiger partial charge >= 0.3 is 6.18 Å². The molecule has 0 fully saturated rings. The lowest BCUT2D eigenvalue weighted by atomic mass is 9.84. The van der Waals surface area contributed by atoms with Crippen molar-refractivity contribution in [3.63, 3.8) is 0 Å². The smallest absolute Gasteiger partial charge is 0.250 e. The average Bonchev–Trinajstić information content (AvgIpc) is 3.25. The zero-order chi connectivity index (χ0) is 22.2. The van der Waals surface area contributed by atoms with Crippen LogP contribution in [0.3, 0.4) is 0 Å². The van der Waals surface area contributed by atoms with Crippen LogP contribution in [0, 0.1) is 6.92 Å². The Morgan fingerprint density at radius 3 is 2.13 bits per heavy atom. The van der Waals surface area contributed by atoms with E-state index in [1.54, 1.807) is 24.4 Å². The van der Waals surface area contributed by atoms with Crippen molar-refractivity contribution in [2.75, 3.05) is 0 Å². The van der Waals surface area contributed by atoms with E-state index in [0.717, 1.165) is 16.4 Å². The summed E-state index contributed by atoms with van der Waals surface area (Å²) in [6, 6.07) is 13.5. The predicted molar refractivity (Wildman–Crippen MR) is 108 cm³/mol. The summed E-state index contributed by atoms with van der Waals surface area (Å²) in [6.07, 6.45) is -1.58. The van der Waals surface area contributed by atoms with E-state index in [4.69, 9.17) is 4.98 Å². The van der Waals surface area contributed by atoms with Crippen molar-refractivity contribution in [1.82, 2.24) is 29.7 Å². The summed E-state index contributed by atoms with van der Waals surface area (Å²) in [6.45, 7) is 5.73. The molecule has 4 rings (SSSR count). The summed E-state index contributed by atoms with van der Waals surface area (Å²) < 4.78 is 39.8. The van der Waals surface area contributed by atoms with Gasteiger partial charge in [0.05, 0.1) is 22.8 Å². The van der Waals surface area contributed by atoms with Gasteiger partial charge in [0.2, 0.25) is 0 Å². The Labute approximate surface area is 176 Å². The van der Waals surface area contributed by atoms with Gasteiger partial charge in [0.25, 0.3) is 0 Å². The molecule has 0 aliphatic heterocycles. The molecule has 158 valence electrons. The second kappa shape index (κ2) is 7.57. The quantitative estimate of drug-likeness (QED) is 0.472. The van der Waals surface area contributed by atoms with Crippen LogP contribution < -0.4 is 0 Å². The first-order valence-corrected chi connectivity index (χ1v) is 9.53. The standard InChI is InChI=1S/C22H19F3N6/c1-14-26-12-10-16(27-14)15-6-4-7-17(28-15)21(2,3)18-8-5-9-20(29-18)31-13-11-19(30-31)22(23,24)25/h4-13H,1-3H3. The highest BCUT2D eigenvalue weighted by Gasteiger charge is 2.34. The fraction of sp³-hybridized carbons (Fsp3) is 0.227. The van der Waals surface area contributed by atoms with Crippen molar-refractivity contribution in [2.24, 2.45) is 0 Å². The summed E-state index contributed by atoms with van der Waals surface area (Å²) in [5.74, 6) is 0.944. The molecule has 0 radical (unpaired) electrons. The van der Waals surface area contributed by atoms with Crippen LogP contribution in [0.4, 0.5) is 13.2 Å². The minimum atomic E-state index is -4.51. The van der Waals surface area contributed by atoms with E-state index >= 15 is 0 Å². The first-order chi connectivity index (χ1) is 14.6. The van der Waals surface area contributed by atoms with E-state index < -0.39 is 17.3 Å². The van der Waals surface area contributed by atoms with Crippen molar-refractivity contribution in [3.8, 4) is 17.2 Å². The number of rotatable bonds is 4. The molecule has 4 aromatic heterocycles. The number of aromatic nitrogens is 6. The summed E-state index contributed by atoms with van der Waals surface area (Å²) >= 11 is 0. The molecule has 0 aliphatic rings. The van der Waals surface area contributed by atoms with Gasteiger partial charge in [-0.05, 0) is 57.2 Å². The van der Waals surface area contributed by atoms with E-state index in [9.17, 15) is 13.2 Å². The van der Waals surface area contributed by atoms with E-state index in [-0.39, 0.29) is 0 Å². The van der Waals surface area contributed by atoms with Crippen molar-refractivity contribution in [1.29, 1.82) is 0 Å². The maximum atomic E-state index is 12.9. The maximum absolute atomic E-state index is 12.9.